The lowest BCUT2D eigenvalue weighted by atomic mass is 9.95. The highest BCUT2D eigenvalue weighted by Gasteiger charge is 2.27. The molecule has 1 aliphatic rings. The first-order chi connectivity index (χ1) is 9.08. The third kappa shape index (κ3) is 5.80. The van der Waals surface area contributed by atoms with E-state index in [1.54, 1.807) is 0 Å². The molecule has 3 atom stereocenters. The van der Waals surface area contributed by atoms with Gasteiger partial charge in [0, 0.05) is 12.1 Å². The van der Waals surface area contributed by atoms with E-state index in [2.05, 4.69) is 25.7 Å². The van der Waals surface area contributed by atoms with Crippen LogP contribution in [0.2, 0.25) is 0 Å². The van der Waals surface area contributed by atoms with Crippen molar-refractivity contribution < 1.29 is 5.11 Å². The van der Waals surface area contributed by atoms with Crippen molar-refractivity contribution in [2.24, 2.45) is 17.6 Å². The molecule has 114 valence electrons. The van der Waals surface area contributed by atoms with Crippen molar-refractivity contribution in [1.82, 2.24) is 4.90 Å². The van der Waals surface area contributed by atoms with E-state index in [4.69, 9.17) is 5.73 Å². The van der Waals surface area contributed by atoms with Gasteiger partial charge in [-0.3, -0.25) is 4.90 Å². The Morgan fingerprint density at radius 2 is 2.00 bits per heavy atom. The van der Waals surface area contributed by atoms with Gasteiger partial charge in [-0.05, 0) is 50.6 Å². The Hall–Kier alpha value is -0.120. The summed E-state index contributed by atoms with van der Waals surface area (Å²) in [4.78, 5) is 2.45. The lowest BCUT2D eigenvalue weighted by Gasteiger charge is -2.34. The molecule has 1 saturated heterocycles. The van der Waals surface area contributed by atoms with Gasteiger partial charge < -0.3 is 10.8 Å². The number of aliphatic hydroxyl groups is 1. The fourth-order valence-corrected chi connectivity index (χ4v) is 3.44. The number of hydrogen-bond donors (Lipinski definition) is 2. The summed E-state index contributed by atoms with van der Waals surface area (Å²) in [6.45, 7) is 9.10. The molecule has 3 N–H and O–H groups in total. The second-order valence-electron chi connectivity index (χ2n) is 6.66. The maximum absolute atomic E-state index is 9.70. The molecule has 0 radical (unpaired) electrons. The average Bonchev–Trinajstić information content (AvgIpc) is 2.56. The third-order valence-electron chi connectivity index (χ3n) is 4.47. The number of hydrogen-bond acceptors (Lipinski definition) is 3. The SMILES string of the molecule is CCCC1CCCN(C(CO)C(N)CC(C)C)CC1. The molecular formula is C16H34N2O. The average molecular weight is 270 g/mol. The second kappa shape index (κ2) is 8.93. The predicted molar refractivity (Wildman–Crippen MR) is 82.1 cm³/mol. The zero-order valence-electron chi connectivity index (χ0n) is 13.1. The number of nitrogens with zero attached hydrogens (tertiary/aromatic N) is 1. The van der Waals surface area contributed by atoms with Crippen LogP contribution < -0.4 is 5.73 Å². The van der Waals surface area contributed by atoms with E-state index in [-0.39, 0.29) is 18.7 Å². The molecule has 1 rings (SSSR count). The van der Waals surface area contributed by atoms with Gasteiger partial charge in [0.25, 0.3) is 0 Å². The summed E-state index contributed by atoms with van der Waals surface area (Å²) in [5.74, 6) is 1.49. The molecule has 0 aromatic carbocycles. The maximum Gasteiger partial charge on any atom is 0.0601 e. The van der Waals surface area contributed by atoms with Crippen molar-refractivity contribution in [1.29, 1.82) is 0 Å². The molecule has 0 saturated carbocycles. The second-order valence-corrected chi connectivity index (χ2v) is 6.66. The molecule has 0 aromatic rings. The van der Waals surface area contributed by atoms with Crippen molar-refractivity contribution in [2.75, 3.05) is 19.7 Å². The Morgan fingerprint density at radius 3 is 2.58 bits per heavy atom. The van der Waals surface area contributed by atoms with Crippen molar-refractivity contribution in [3.05, 3.63) is 0 Å². The van der Waals surface area contributed by atoms with Crippen LogP contribution in [-0.2, 0) is 0 Å². The fraction of sp³-hybridized carbons (Fsp3) is 1.00. The molecule has 19 heavy (non-hydrogen) atoms. The van der Waals surface area contributed by atoms with Crippen LogP contribution in [0.1, 0.15) is 59.3 Å². The van der Waals surface area contributed by atoms with E-state index in [1.165, 1.54) is 32.1 Å². The Bertz CT molecular complexity index is 233. The molecule has 0 aliphatic carbocycles. The standard InChI is InChI=1S/C16H34N2O/c1-4-6-14-7-5-9-18(10-8-14)16(12-19)15(17)11-13(2)3/h13-16,19H,4-12,17H2,1-3H3. The summed E-state index contributed by atoms with van der Waals surface area (Å²) in [5.41, 5.74) is 6.30. The van der Waals surface area contributed by atoms with Gasteiger partial charge in [-0.25, -0.2) is 0 Å². The predicted octanol–water partition coefficient (Wildman–Crippen LogP) is 2.62. The number of likely N-dealkylation sites (tertiary alicyclic amines) is 1. The molecule has 0 spiro atoms. The van der Waals surface area contributed by atoms with Gasteiger partial charge >= 0.3 is 0 Å². The van der Waals surface area contributed by atoms with E-state index >= 15 is 0 Å². The Labute approximate surface area is 119 Å². The Kier molecular flexibility index (Phi) is 7.96. The van der Waals surface area contributed by atoms with E-state index in [0.29, 0.717) is 5.92 Å². The summed E-state index contributed by atoms with van der Waals surface area (Å²) >= 11 is 0. The van der Waals surface area contributed by atoms with Crippen LogP contribution in [0.25, 0.3) is 0 Å². The molecule has 0 aromatic heterocycles. The van der Waals surface area contributed by atoms with Crippen LogP contribution in [0.3, 0.4) is 0 Å². The third-order valence-corrected chi connectivity index (χ3v) is 4.47. The summed E-state index contributed by atoms with van der Waals surface area (Å²) in [6.07, 6.45) is 7.53. The summed E-state index contributed by atoms with van der Waals surface area (Å²) in [7, 11) is 0. The van der Waals surface area contributed by atoms with Gasteiger partial charge in [-0.1, -0.05) is 33.6 Å². The molecular weight excluding hydrogens is 236 g/mol. The lowest BCUT2D eigenvalue weighted by Crippen LogP contribution is -2.51. The summed E-state index contributed by atoms with van der Waals surface area (Å²) < 4.78 is 0. The molecule has 3 unspecified atom stereocenters. The molecule has 3 nitrogen and oxygen atoms in total. The smallest absolute Gasteiger partial charge is 0.0601 e. The van der Waals surface area contributed by atoms with Crippen LogP contribution in [0.4, 0.5) is 0 Å². The van der Waals surface area contributed by atoms with Gasteiger partial charge in [0.05, 0.1) is 6.61 Å². The quantitative estimate of drug-likeness (QED) is 0.747. The first-order valence-electron chi connectivity index (χ1n) is 8.18. The summed E-state index contributed by atoms with van der Waals surface area (Å²) in [6, 6.07) is 0.260. The minimum Gasteiger partial charge on any atom is -0.395 e. The van der Waals surface area contributed by atoms with Gasteiger partial charge in [0.1, 0.15) is 0 Å². The van der Waals surface area contributed by atoms with Crippen LogP contribution >= 0.6 is 0 Å². The highest BCUT2D eigenvalue weighted by Crippen LogP contribution is 2.24. The van der Waals surface area contributed by atoms with Crippen LogP contribution in [0, 0.1) is 11.8 Å². The van der Waals surface area contributed by atoms with Gasteiger partial charge in [-0.2, -0.15) is 0 Å². The molecule has 1 fully saturated rings. The topological polar surface area (TPSA) is 49.5 Å². The van der Waals surface area contributed by atoms with E-state index in [1.807, 2.05) is 0 Å². The number of nitrogens with two attached hydrogens (primary N) is 1. The monoisotopic (exact) mass is 270 g/mol. The number of aliphatic hydroxyl groups excluding tert-OH is 1. The largest absolute Gasteiger partial charge is 0.395 e. The van der Waals surface area contributed by atoms with Gasteiger partial charge in [0.15, 0.2) is 0 Å². The van der Waals surface area contributed by atoms with Crippen molar-refractivity contribution in [3.8, 4) is 0 Å². The zero-order chi connectivity index (χ0) is 14.3. The zero-order valence-corrected chi connectivity index (χ0v) is 13.1. The first kappa shape index (κ1) is 16.9. The van der Waals surface area contributed by atoms with Crippen LogP contribution in [0.5, 0.6) is 0 Å². The highest BCUT2D eigenvalue weighted by atomic mass is 16.3. The lowest BCUT2D eigenvalue weighted by molar-refractivity contribution is 0.0998. The van der Waals surface area contributed by atoms with E-state index < -0.39 is 0 Å². The minimum absolute atomic E-state index is 0.104. The number of rotatable bonds is 7. The van der Waals surface area contributed by atoms with Crippen molar-refractivity contribution in [2.45, 2.75) is 71.4 Å². The maximum atomic E-state index is 9.70. The molecule has 1 heterocycles. The normalized spacial score (nSPS) is 25.3. The van der Waals surface area contributed by atoms with Crippen molar-refractivity contribution >= 4 is 0 Å². The molecule has 0 bridgehead atoms. The first-order valence-corrected chi connectivity index (χ1v) is 8.18. The fourth-order valence-electron chi connectivity index (χ4n) is 3.44. The van der Waals surface area contributed by atoms with E-state index in [0.717, 1.165) is 25.4 Å². The van der Waals surface area contributed by atoms with Gasteiger partial charge in [-0.15, -0.1) is 0 Å². The molecule has 0 amide bonds. The van der Waals surface area contributed by atoms with Crippen LogP contribution in [0.15, 0.2) is 0 Å². The highest BCUT2D eigenvalue weighted by molar-refractivity contribution is 4.84. The Morgan fingerprint density at radius 1 is 1.26 bits per heavy atom. The van der Waals surface area contributed by atoms with E-state index in [9.17, 15) is 5.11 Å². The molecule has 3 heteroatoms. The minimum atomic E-state index is 0.104. The molecule has 1 aliphatic heterocycles. The van der Waals surface area contributed by atoms with Gasteiger partial charge in [0.2, 0.25) is 0 Å². The van der Waals surface area contributed by atoms with Crippen molar-refractivity contribution in [3.63, 3.8) is 0 Å². The van der Waals surface area contributed by atoms with Crippen LogP contribution in [-0.4, -0.2) is 41.8 Å². The Balaban J connectivity index is 2.51. The summed E-state index contributed by atoms with van der Waals surface area (Å²) in [5, 5.41) is 9.70.